The average Bonchev–Trinajstić information content (AvgIpc) is 2.64. The first-order valence-corrected chi connectivity index (χ1v) is 5.78. The molecule has 0 aliphatic heterocycles. The van der Waals surface area contributed by atoms with E-state index >= 15 is 0 Å². The molecular weight excluding hydrogens is 238 g/mol. The molecule has 5 heteroatoms. The molecule has 0 spiro atoms. The first-order valence-electron chi connectivity index (χ1n) is 5.40. The van der Waals surface area contributed by atoms with Crippen LogP contribution in [0, 0.1) is 0 Å². The second-order valence-corrected chi connectivity index (χ2v) is 4.43. The predicted molar refractivity (Wildman–Crippen MR) is 65.9 cm³/mol. The number of aliphatic hydroxyl groups is 1. The Morgan fingerprint density at radius 2 is 2.24 bits per heavy atom. The van der Waals surface area contributed by atoms with Gasteiger partial charge >= 0.3 is 0 Å². The molecule has 0 fully saturated rings. The van der Waals surface area contributed by atoms with E-state index in [1.54, 1.807) is 4.68 Å². The summed E-state index contributed by atoms with van der Waals surface area (Å²) in [4.78, 5) is 4.08. The fourth-order valence-electron chi connectivity index (χ4n) is 1.72. The maximum atomic E-state index is 9.97. The van der Waals surface area contributed by atoms with Crippen molar-refractivity contribution in [1.82, 2.24) is 14.8 Å². The zero-order valence-electron chi connectivity index (χ0n) is 9.55. The van der Waals surface area contributed by atoms with Gasteiger partial charge in [-0.25, -0.2) is 4.98 Å². The summed E-state index contributed by atoms with van der Waals surface area (Å²) < 4.78 is 1.67. The van der Waals surface area contributed by atoms with Crippen LogP contribution >= 0.6 is 11.6 Å². The summed E-state index contributed by atoms with van der Waals surface area (Å²) in [6.45, 7) is 0. The fraction of sp³-hybridized carbons (Fsp3) is 0.333. The average molecular weight is 252 g/mol. The number of aromatic nitrogens is 3. The van der Waals surface area contributed by atoms with Gasteiger partial charge in [0.25, 0.3) is 0 Å². The molecule has 1 heterocycles. The van der Waals surface area contributed by atoms with E-state index in [1.165, 1.54) is 6.33 Å². The van der Waals surface area contributed by atoms with Crippen molar-refractivity contribution in [2.24, 2.45) is 7.05 Å². The second-order valence-electron chi connectivity index (χ2n) is 3.99. The largest absolute Gasteiger partial charge is 0.392 e. The van der Waals surface area contributed by atoms with Gasteiger partial charge in [0.05, 0.1) is 6.10 Å². The number of hydrogen-bond donors (Lipinski definition) is 1. The van der Waals surface area contributed by atoms with Crippen LogP contribution in [-0.2, 0) is 19.9 Å². The van der Waals surface area contributed by atoms with Crippen molar-refractivity contribution in [1.29, 1.82) is 0 Å². The van der Waals surface area contributed by atoms with Gasteiger partial charge in [0.1, 0.15) is 12.2 Å². The molecule has 0 bridgehead atoms. The Bertz CT molecular complexity index is 498. The molecule has 1 aromatic carbocycles. The molecule has 0 aliphatic carbocycles. The summed E-state index contributed by atoms with van der Waals surface area (Å²) in [7, 11) is 1.81. The molecule has 1 aromatic heterocycles. The molecule has 2 rings (SSSR count). The van der Waals surface area contributed by atoms with Crippen LogP contribution in [-0.4, -0.2) is 26.0 Å². The number of rotatable bonds is 4. The molecule has 0 amide bonds. The van der Waals surface area contributed by atoms with Gasteiger partial charge in [-0.15, -0.1) is 0 Å². The van der Waals surface area contributed by atoms with E-state index in [2.05, 4.69) is 10.1 Å². The number of aliphatic hydroxyl groups excluding tert-OH is 1. The number of halogens is 1. The summed E-state index contributed by atoms with van der Waals surface area (Å²) in [6.07, 6.45) is 2.06. The van der Waals surface area contributed by atoms with Crippen molar-refractivity contribution in [3.63, 3.8) is 0 Å². The lowest BCUT2D eigenvalue weighted by atomic mass is 10.1. The lowest BCUT2D eigenvalue weighted by Crippen LogP contribution is -2.16. The van der Waals surface area contributed by atoms with E-state index in [-0.39, 0.29) is 0 Å². The van der Waals surface area contributed by atoms with Gasteiger partial charge in [-0.2, -0.15) is 5.10 Å². The maximum absolute atomic E-state index is 9.97. The molecule has 0 aliphatic rings. The third-order valence-corrected chi connectivity index (χ3v) is 2.82. The molecule has 0 saturated carbocycles. The Hall–Kier alpha value is -1.39. The van der Waals surface area contributed by atoms with Gasteiger partial charge in [0, 0.05) is 18.5 Å². The van der Waals surface area contributed by atoms with E-state index < -0.39 is 6.10 Å². The molecule has 0 radical (unpaired) electrons. The SMILES string of the molecule is Cn1ncnc1CC(O)Cc1cccc(Cl)c1. The molecule has 4 nitrogen and oxygen atoms in total. The van der Waals surface area contributed by atoms with Crippen LogP contribution in [0.3, 0.4) is 0 Å². The predicted octanol–water partition coefficient (Wildman–Crippen LogP) is 1.61. The highest BCUT2D eigenvalue weighted by atomic mass is 35.5. The van der Waals surface area contributed by atoms with Gasteiger partial charge in [-0.3, -0.25) is 4.68 Å². The normalized spacial score (nSPS) is 12.6. The van der Waals surface area contributed by atoms with Crippen LogP contribution in [0.15, 0.2) is 30.6 Å². The summed E-state index contributed by atoms with van der Waals surface area (Å²) in [5, 5.41) is 14.6. The van der Waals surface area contributed by atoms with Crippen LogP contribution in [0.5, 0.6) is 0 Å². The third kappa shape index (κ3) is 3.28. The van der Waals surface area contributed by atoms with Gasteiger partial charge < -0.3 is 5.11 Å². The van der Waals surface area contributed by atoms with Crippen molar-refractivity contribution < 1.29 is 5.11 Å². The lowest BCUT2D eigenvalue weighted by Gasteiger charge is -2.10. The molecule has 17 heavy (non-hydrogen) atoms. The van der Waals surface area contributed by atoms with Crippen LogP contribution in [0.25, 0.3) is 0 Å². The quantitative estimate of drug-likeness (QED) is 0.898. The smallest absolute Gasteiger partial charge is 0.138 e. The summed E-state index contributed by atoms with van der Waals surface area (Å²) in [5.74, 6) is 0.777. The van der Waals surface area contributed by atoms with Crippen LogP contribution < -0.4 is 0 Å². The van der Waals surface area contributed by atoms with Crippen molar-refractivity contribution in [3.8, 4) is 0 Å². The second kappa shape index (κ2) is 5.29. The minimum atomic E-state index is -0.476. The van der Waals surface area contributed by atoms with E-state index in [9.17, 15) is 5.11 Å². The first kappa shape index (κ1) is 12.1. The number of hydrogen-bond acceptors (Lipinski definition) is 3. The molecule has 1 N–H and O–H groups in total. The first-order chi connectivity index (χ1) is 8.15. The Balaban J connectivity index is 1.98. The summed E-state index contributed by atoms with van der Waals surface area (Å²) in [6, 6.07) is 7.51. The molecular formula is C12H14ClN3O. The van der Waals surface area contributed by atoms with Crippen LogP contribution in [0.4, 0.5) is 0 Å². The van der Waals surface area contributed by atoms with E-state index in [1.807, 2.05) is 31.3 Å². The Kier molecular flexibility index (Phi) is 3.76. The fourth-order valence-corrected chi connectivity index (χ4v) is 1.94. The Morgan fingerprint density at radius 1 is 1.41 bits per heavy atom. The minimum Gasteiger partial charge on any atom is -0.392 e. The number of benzene rings is 1. The summed E-state index contributed by atoms with van der Waals surface area (Å²) in [5.41, 5.74) is 1.02. The molecule has 90 valence electrons. The van der Waals surface area contributed by atoms with E-state index in [0.717, 1.165) is 11.4 Å². The van der Waals surface area contributed by atoms with Gasteiger partial charge in [-0.05, 0) is 24.1 Å². The van der Waals surface area contributed by atoms with Crippen LogP contribution in [0.1, 0.15) is 11.4 Å². The van der Waals surface area contributed by atoms with E-state index in [4.69, 9.17) is 11.6 Å². The zero-order valence-corrected chi connectivity index (χ0v) is 10.3. The van der Waals surface area contributed by atoms with Gasteiger partial charge in [-0.1, -0.05) is 23.7 Å². The highest BCUT2D eigenvalue weighted by Gasteiger charge is 2.10. The molecule has 2 aromatic rings. The van der Waals surface area contributed by atoms with Crippen molar-refractivity contribution in [3.05, 3.63) is 47.0 Å². The molecule has 1 unspecified atom stereocenters. The van der Waals surface area contributed by atoms with Crippen LogP contribution in [0.2, 0.25) is 5.02 Å². The topological polar surface area (TPSA) is 50.9 Å². The monoisotopic (exact) mass is 251 g/mol. The van der Waals surface area contributed by atoms with Crippen molar-refractivity contribution in [2.45, 2.75) is 18.9 Å². The Morgan fingerprint density at radius 3 is 2.88 bits per heavy atom. The third-order valence-electron chi connectivity index (χ3n) is 2.58. The lowest BCUT2D eigenvalue weighted by molar-refractivity contribution is 0.171. The summed E-state index contributed by atoms with van der Waals surface area (Å²) >= 11 is 5.89. The van der Waals surface area contributed by atoms with Crippen molar-refractivity contribution >= 4 is 11.6 Å². The van der Waals surface area contributed by atoms with Gasteiger partial charge in [0.2, 0.25) is 0 Å². The standard InChI is InChI=1S/C12H14ClN3O/c1-16-12(14-8-15-16)7-11(17)6-9-3-2-4-10(13)5-9/h2-5,8,11,17H,6-7H2,1H3. The molecule has 1 atom stereocenters. The highest BCUT2D eigenvalue weighted by Crippen LogP contribution is 2.13. The Labute approximate surface area is 105 Å². The zero-order chi connectivity index (χ0) is 12.3. The number of nitrogens with zero attached hydrogens (tertiary/aromatic N) is 3. The minimum absolute atomic E-state index is 0.476. The van der Waals surface area contributed by atoms with E-state index in [0.29, 0.717) is 17.9 Å². The maximum Gasteiger partial charge on any atom is 0.138 e. The number of aryl methyl sites for hydroxylation is 1. The van der Waals surface area contributed by atoms with Crippen molar-refractivity contribution in [2.75, 3.05) is 0 Å². The molecule has 0 saturated heterocycles. The van der Waals surface area contributed by atoms with Gasteiger partial charge in [0.15, 0.2) is 0 Å². The highest BCUT2D eigenvalue weighted by molar-refractivity contribution is 6.30.